The first-order chi connectivity index (χ1) is 11.7. The van der Waals surface area contributed by atoms with E-state index in [0.29, 0.717) is 28.6 Å². The van der Waals surface area contributed by atoms with E-state index in [0.717, 1.165) is 5.56 Å². The highest BCUT2D eigenvalue weighted by molar-refractivity contribution is 6.08. The molecule has 0 fully saturated rings. The fraction of sp³-hybridized carbons (Fsp3) is 0.125. The molecule has 24 heavy (non-hydrogen) atoms. The Morgan fingerprint density at radius 3 is 2.42 bits per heavy atom. The van der Waals surface area contributed by atoms with Crippen molar-refractivity contribution < 1.29 is 14.3 Å². The maximum absolute atomic E-state index is 12.7. The van der Waals surface area contributed by atoms with Crippen molar-refractivity contribution in [2.75, 3.05) is 19.5 Å². The van der Waals surface area contributed by atoms with E-state index in [1.807, 2.05) is 6.07 Å². The molecule has 3 rings (SSSR count). The molecule has 0 unspecified atom stereocenters. The van der Waals surface area contributed by atoms with Gasteiger partial charge < -0.3 is 14.8 Å². The van der Waals surface area contributed by atoms with E-state index in [1.165, 1.54) is 14.2 Å². The normalized spacial score (nSPS) is 10.2. The maximum atomic E-state index is 12.7. The van der Waals surface area contributed by atoms with Crippen LogP contribution in [0.1, 0.15) is 10.4 Å². The van der Waals surface area contributed by atoms with Gasteiger partial charge in [0.05, 0.1) is 14.2 Å². The van der Waals surface area contributed by atoms with E-state index in [2.05, 4.69) is 25.9 Å². The molecule has 1 aromatic heterocycles. The van der Waals surface area contributed by atoms with Gasteiger partial charge in [-0.2, -0.15) is 5.21 Å². The lowest BCUT2D eigenvalue weighted by atomic mass is 10.1. The summed E-state index contributed by atoms with van der Waals surface area (Å²) < 4.78 is 10.5. The van der Waals surface area contributed by atoms with E-state index < -0.39 is 0 Å². The van der Waals surface area contributed by atoms with Gasteiger partial charge in [-0.15, -0.1) is 10.2 Å². The summed E-state index contributed by atoms with van der Waals surface area (Å²) >= 11 is 0. The average molecular weight is 325 g/mol. The number of hydrogen-bond acceptors (Lipinski definition) is 6. The number of carbonyl (C=O) groups excluding carboxylic acids is 1. The van der Waals surface area contributed by atoms with Crippen molar-refractivity contribution in [2.24, 2.45) is 0 Å². The molecule has 0 aliphatic rings. The van der Waals surface area contributed by atoms with Crippen LogP contribution in [-0.2, 0) is 0 Å². The number of rotatable bonds is 5. The van der Waals surface area contributed by atoms with E-state index in [9.17, 15) is 4.79 Å². The van der Waals surface area contributed by atoms with Crippen LogP contribution in [0.2, 0.25) is 0 Å². The zero-order chi connectivity index (χ0) is 16.9. The minimum Gasteiger partial charge on any atom is -0.496 e. The van der Waals surface area contributed by atoms with Gasteiger partial charge in [0.1, 0.15) is 17.1 Å². The van der Waals surface area contributed by atoms with Crippen molar-refractivity contribution in [2.45, 2.75) is 0 Å². The van der Waals surface area contributed by atoms with Gasteiger partial charge in [-0.1, -0.05) is 18.2 Å². The molecular formula is C16H15N5O3. The lowest BCUT2D eigenvalue weighted by Gasteiger charge is -2.13. The third-order valence-electron chi connectivity index (χ3n) is 3.38. The van der Waals surface area contributed by atoms with Crippen molar-refractivity contribution in [1.29, 1.82) is 0 Å². The second kappa shape index (κ2) is 6.78. The summed E-state index contributed by atoms with van der Waals surface area (Å²) in [6.07, 6.45) is 0. The summed E-state index contributed by atoms with van der Waals surface area (Å²) in [5.74, 6) is 0.970. The molecule has 0 aliphatic carbocycles. The van der Waals surface area contributed by atoms with Gasteiger partial charge in [-0.25, -0.2) is 0 Å². The maximum Gasteiger partial charge on any atom is 0.263 e. The lowest BCUT2D eigenvalue weighted by Crippen LogP contribution is -2.14. The Morgan fingerprint density at radius 2 is 1.79 bits per heavy atom. The van der Waals surface area contributed by atoms with Gasteiger partial charge in [-0.05, 0) is 29.5 Å². The van der Waals surface area contributed by atoms with E-state index in [4.69, 9.17) is 9.47 Å². The van der Waals surface area contributed by atoms with Crippen LogP contribution in [0.4, 0.5) is 5.69 Å². The largest absolute Gasteiger partial charge is 0.496 e. The van der Waals surface area contributed by atoms with Gasteiger partial charge >= 0.3 is 0 Å². The third kappa shape index (κ3) is 3.02. The number of nitrogens with zero attached hydrogens (tertiary/aromatic N) is 3. The lowest BCUT2D eigenvalue weighted by molar-refractivity contribution is 0.102. The monoisotopic (exact) mass is 325 g/mol. The predicted molar refractivity (Wildman–Crippen MR) is 87.1 cm³/mol. The molecule has 0 saturated carbocycles. The predicted octanol–water partition coefficient (Wildman–Crippen LogP) is 2.14. The summed E-state index contributed by atoms with van der Waals surface area (Å²) in [5, 5.41) is 16.6. The fourth-order valence-corrected chi connectivity index (χ4v) is 2.29. The second-order valence-corrected chi connectivity index (χ2v) is 4.81. The SMILES string of the molecule is COc1cccc(OC)c1C(=O)Nc1cccc(-c2nn[nH]n2)c1. The average Bonchev–Trinajstić information content (AvgIpc) is 3.15. The topological polar surface area (TPSA) is 102 Å². The van der Waals surface area contributed by atoms with Gasteiger partial charge in [0.25, 0.3) is 5.91 Å². The molecule has 8 nitrogen and oxygen atoms in total. The minimum absolute atomic E-state index is 0.326. The van der Waals surface area contributed by atoms with E-state index in [-0.39, 0.29) is 5.91 Å². The van der Waals surface area contributed by atoms with Crippen molar-refractivity contribution in [3.05, 3.63) is 48.0 Å². The van der Waals surface area contributed by atoms with Crippen LogP contribution in [0.3, 0.4) is 0 Å². The summed E-state index contributed by atoms with van der Waals surface area (Å²) in [4.78, 5) is 12.7. The zero-order valence-corrected chi connectivity index (χ0v) is 13.1. The number of carbonyl (C=O) groups is 1. The summed E-state index contributed by atoms with van der Waals surface area (Å²) in [5.41, 5.74) is 1.65. The number of tetrazole rings is 1. The van der Waals surface area contributed by atoms with Crippen LogP contribution in [0.15, 0.2) is 42.5 Å². The number of hydrogen-bond donors (Lipinski definition) is 2. The second-order valence-electron chi connectivity index (χ2n) is 4.81. The van der Waals surface area contributed by atoms with Gasteiger partial charge in [0, 0.05) is 11.3 Å². The number of ether oxygens (including phenoxy) is 2. The smallest absolute Gasteiger partial charge is 0.263 e. The first-order valence-electron chi connectivity index (χ1n) is 7.09. The third-order valence-corrected chi connectivity index (χ3v) is 3.38. The molecule has 3 aromatic rings. The number of methoxy groups -OCH3 is 2. The Bertz CT molecular complexity index is 826. The number of H-pyrrole nitrogens is 1. The summed E-state index contributed by atoms with van der Waals surface area (Å²) in [6, 6.07) is 12.3. The van der Waals surface area contributed by atoms with Crippen LogP contribution in [0, 0.1) is 0 Å². The van der Waals surface area contributed by atoms with Gasteiger partial charge in [0.2, 0.25) is 5.82 Å². The number of nitrogens with one attached hydrogen (secondary N) is 2. The highest BCUT2D eigenvalue weighted by Crippen LogP contribution is 2.29. The minimum atomic E-state index is -0.338. The Hall–Kier alpha value is -3.42. The molecule has 1 amide bonds. The molecule has 0 saturated heterocycles. The Morgan fingerprint density at radius 1 is 1.08 bits per heavy atom. The molecule has 0 aliphatic heterocycles. The molecule has 2 aromatic carbocycles. The fourth-order valence-electron chi connectivity index (χ4n) is 2.29. The quantitative estimate of drug-likeness (QED) is 0.745. The van der Waals surface area contributed by atoms with Crippen molar-refractivity contribution in [3.63, 3.8) is 0 Å². The summed E-state index contributed by atoms with van der Waals surface area (Å²) in [6.45, 7) is 0. The molecule has 0 bridgehead atoms. The van der Waals surface area contributed by atoms with Crippen LogP contribution in [-0.4, -0.2) is 40.8 Å². The zero-order valence-electron chi connectivity index (χ0n) is 13.1. The molecule has 8 heteroatoms. The molecule has 0 atom stereocenters. The number of anilines is 1. The highest BCUT2D eigenvalue weighted by atomic mass is 16.5. The number of benzene rings is 2. The van der Waals surface area contributed by atoms with Crippen LogP contribution in [0.5, 0.6) is 11.5 Å². The highest BCUT2D eigenvalue weighted by Gasteiger charge is 2.18. The first kappa shape index (κ1) is 15.5. The van der Waals surface area contributed by atoms with Crippen molar-refractivity contribution in [1.82, 2.24) is 20.6 Å². The number of amides is 1. The Balaban J connectivity index is 1.90. The standard InChI is InChI=1S/C16H15N5O3/c1-23-12-7-4-8-13(24-2)14(12)16(22)17-11-6-3-5-10(9-11)15-18-20-21-19-15/h3-9H,1-2H3,(H,17,22)(H,18,19,20,21). The van der Waals surface area contributed by atoms with Crippen LogP contribution < -0.4 is 14.8 Å². The van der Waals surface area contributed by atoms with Gasteiger partial charge in [-0.3, -0.25) is 4.79 Å². The van der Waals surface area contributed by atoms with E-state index >= 15 is 0 Å². The Kier molecular flexibility index (Phi) is 4.37. The summed E-state index contributed by atoms with van der Waals surface area (Å²) in [7, 11) is 3.00. The molecule has 122 valence electrons. The van der Waals surface area contributed by atoms with Gasteiger partial charge in [0.15, 0.2) is 0 Å². The molecule has 1 heterocycles. The van der Waals surface area contributed by atoms with Crippen LogP contribution in [0.25, 0.3) is 11.4 Å². The number of aromatic amines is 1. The van der Waals surface area contributed by atoms with Crippen molar-refractivity contribution >= 4 is 11.6 Å². The number of aromatic nitrogens is 4. The molecular weight excluding hydrogens is 310 g/mol. The van der Waals surface area contributed by atoms with Crippen molar-refractivity contribution in [3.8, 4) is 22.9 Å². The molecule has 0 radical (unpaired) electrons. The van der Waals surface area contributed by atoms with Crippen LogP contribution >= 0.6 is 0 Å². The molecule has 2 N–H and O–H groups in total. The van der Waals surface area contributed by atoms with E-state index in [1.54, 1.807) is 36.4 Å². The Labute approximate surface area is 137 Å². The molecule has 0 spiro atoms. The first-order valence-corrected chi connectivity index (χ1v) is 7.09.